The van der Waals surface area contributed by atoms with Crippen LogP contribution in [0, 0.1) is 13.8 Å². The van der Waals surface area contributed by atoms with Crippen molar-refractivity contribution in [3.63, 3.8) is 0 Å². The maximum absolute atomic E-state index is 6.61. The second kappa shape index (κ2) is 12.8. The number of hydrogen-bond donors (Lipinski definition) is 0. The minimum Gasteiger partial charge on any atom is -0.456 e. The van der Waals surface area contributed by atoms with Crippen molar-refractivity contribution >= 4 is 79.2 Å². The van der Waals surface area contributed by atoms with Crippen LogP contribution in [0.3, 0.4) is 0 Å². The van der Waals surface area contributed by atoms with Gasteiger partial charge in [0, 0.05) is 33.8 Å². The van der Waals surface area contributed by atoms with Crippen LogP contribution >= 0.6 is 0 Å². The van der Waals surface area contributed by atoms with E-state index in [0.717, 1.165) is 34.0 Å². The zero-order valence-corrected chi connectivity index (χ0v) is 38.6. The zero-order chi connectivity index (χ0) is 43.5. The highest BCUT2D eigenvalue weighted by atomic mass is 16.3. The van der Waals surface area contributed by atoms with Crippen LogP contribution in [0.4, 0.5) is 34.1 Å². The van der Waals surface area contributed by atoms with Gasteiger partial charge < -0.3 is 14.2 Å². The summed E-state index contributed by atoms with van der Waals surface area (Å²) >= 11 is 0. The van der Waals surface area contributed by atoms with Gasteiger partial charge in [-0.1, -0.05) is 134 Å². The van der Waals surface area contributed by atoms with Crippen molar-refractivity contribution in [2.75, 3.05) is 9.80 Å². The molecule has 1 aromatic heterocycles. The number of nitrogens with zero attached hydrogens (tertiary/aromatic N) is 2. The van der Waals surface area contributed by atoms with Crippen molar-refractivity contribution in [1.82, 2.24) is 0 Å². The second-order valence-corrected chi connectivity index (χ2v) is 22.1. The normalized spacial score (nSPS) is 18.2. The third kappa shape index (κ3) is 5.46. The highest BCUT2D eigenvalue weighted by molar-refractivity contribution is 7.00. The van der Waals surface area contributed by atoms with Crippen molar-refractivity contribution in [1.29, 1.82) is 0 Å². The summed E-state index contributed by atoms with van der Waals surface area (Å²) in [4.78, 5) is 5.28. The molecule has 0 radical (unpaired) electrons. The van der Waals surface area contributed by atoms with Gasteiger partial charge in [0.2, 0.25) is 0 Å². The lowest BCUT2D eigenvalue weighted by Crippen LogP contribution is -2.62. The average molecular weight is 821 g/mol. The first-order chi connectivity index (χ1) is 30.0. The van der Waals surface area contributed by atoms with E-state index in [1.54, 1.807) is 0 Å². The van der Waals surface area contributed by atoms with Gasteiger partial charge in [-0.15, -0.1) is 0 Å². The topological polar surface area (TPSA) is 19.6 Å². The molecule has 0 fully saturated rings. The Labute approximate surface area is 373 Å². The maximum Gasteiger partial charge on any atom is 0.252 e. The van der Waals surface area contributed by atoms with Crippen molar-refractivity contribution < 1.29 is 4.42 Å². The summed E-state index contributed by atoms with van der Waals surface area (Å²) in [6, 6.07) is 48.7. The largest absolute Gasteiger partial charge is 0.456 e. The second-order valence-electron chi connectivity index (χ2n) is 22.1. The molecular weight excluding hydrogens is 763 g/mol. The summed E-state index contributed by atoms with van der Waals surface area (Å²) in [6.45, 7) is 24.3. The summed E-state index contributed by atoms with van der Waals surface area (Å²) < 4.78 is 6.61. The predicted octanol–water partition coefficient (Wildman–Crippen LogP) is 14.3. The number of benzene rings is 7. The molecule has 4 aliphatic rings. The van der Waals surface area contributed by atoms with E-state index in [1.807, 2.05) is 0 Å². The monoisotopic (exact) mass is 820 g/mol. The van der Waals surface area contributed by atoms with Crippen LogP contribution in [-0.4, -0.2) is 6.71 Å². The molecule has 0 atom stereocenters. The Hall–Kier alpha value is -6.00. The van der Waals surface area contributed by atoms with E-state index in [9.17, 15) is 0 Å². The van der Waals surface area contributed by atoms with Gasteiger partial charge in [-0.05, 0) is 164 Å². The Kier molecular flexibility index (Phi) is 7.86. The van der Waals surface area contributed by atoms with E-state index in [2.05, 4.69) is 206 Å². The summed E-state index contributed by atoms with van der Waals surface area (Å²) in [5.74, 6) is 0. The summed E-state index contributed by atoms with van der Waals surface area (Å²) in [5.41, 5.74) is 24.7. The lowest BCUT2D eigenvalue weighted by molar-refractivity contribution is 0.332. The summed E-state index contributed by atoms with van der Waals surface area (Å²) in [5, 5.41) is 2.28. The van der Waals surface area contributed by atoms with Gasteiger partial charge in [0.15, 0.2) is 0 Å². The van der Waals surface area contributed by atoms with Crippen molar-refractivity contribution in [2.45, 2.75) is 110 Å². The Balaban J connectivity index is 1.22. The average Bonchev–Trinajstić information content (AvgIpc) is 3.72. The van der Waals surface area contributed by atoms with Gasteiger partial charge in [0.05, 0.1) is 11.1 Å². The molecule has 2 aliphatic carbocycles. The zero-order valence-electron chi connectivity index (χ0n) is 38.6. The molecular formula is C59H57BN2O. The number of rotatable bonds is 3. The molecule has 63 heavy (non-hydrogen) atoms. The molecule has 0 bridgehead atoms. The van der Waals surface area contributed by atoms with Gasteiger partial charge in [-0.3, -0.25) is 0 Å². The van der Waals surface area contributed by atoms with E-state index in [4.69, 9.17) is 4.42 Å². The molecule has 0 amide bonds. The smallest absolute Gasteiger partial charge is 0.252 e. The van der Waals surface area contributed by atoms with Crippen LogP contribution in [0.5, 0.6) is 0 Å². The molecule has 4 heteroatoms. The lowest BCUT2D eigenvalue weighted by Gasteiger charge is -2.48. The van der Waals surface area contributed by atoms with Gasteiger partial charge in [0.1, 0.15) is 11.2 Å². The van der Waals surface area contributed by atoms with Crippen LogP contribution in [0.2, 0.25) is 0 Å². The van der Waals surface area contributed by atoms with Gasteiger partial charge in [-0.25, -0.2) is 0 Å². The number of para-hydroxylation sites is 1. The van der Waals surface area contributed by atoms with Gasteiger partial charge in [-0.2, -0.15) is 0 Å². The predicted molar refractivity (Wildman–Crippen MR) is 269 cm³/mol. The van der Waals surface area contributed by atoms with E-state index < -0.39 is 0 Å². The van der Waals surface area contributed by atoms with Crippen LogP contribution < -0.4 is 26.2 Å². The molecule has 8 aromatic rings. The number of aryl methyl sites for hydroxylation is 2. The molecule has 0 spiro atoms. The fraction of sp³-hybridized carbons (Fsp3) is 0.288. The van der Waals surface area contributed by atoms with Crippen LogP contribution in [-0.2, 0) is 21.7 Å². The Morgan fingerprint density at radius 1 is 0.460 bits per heavy atom. The van der Waals surface area contributed by atoms with E-state index in [0.29, 0.717) is 0 Å². The maximum atomic E-state index is 6.61. The number of fused-ring (bicyclic) bond motifs is 9. The van der Waals surface area contributed by atoms with Gasteiger partial charge in [0.25, 0.3) is 6.71 Å². The fourth-order valence-corrected chi connectivity index (χ4v) is 12.8. The fourth-order valence-electron chi connectivity index (χ4n) is 12.8. The minimum absolute atomic E-state index is 0.0227. The molecule has 3 heterocycles. The highest BCUT2D eigenvalue weighted by Crippen LogP contribution is 2.55. The molecule has 0 saturated heterocycles. The van der Waals surface area contributed by atoms with Crippen LogP contribution in [0.1, 0.15) is 108 Å². The van der Waals surface area contributed by atoms with Crippen LogP contribution in [0.25, 0.3) is 33.1 Å². The molecule has 0 saturated carbocycles. The lowest BCUT2D eigenvalue weighted by atomic mass is 9.33. The number of hydrogen-bond acceptors (Lipinski definition) is 3. The van der Waals surface area contributed by atoms with E-state index in [1.165, 1.54) is 102 Å². The minimum atomic E-state index is 0.0227. The molecule has 312 valence electrons. The first kappa shape index (κ1) is 38.7. The number of furan rings is 1. The molecule has 12 rings (SSSR count). The summed E-state index contributed by atoms with van der Waals surface area (Å²) in [6.07, 6.45) is 3.48. The highest BCUT2D eigenvalue weighted by Gasteiger charge is 2.48. The van der Waals surface area contributed by atoms with Crippen LogP contribution in [0.15, 0.2) is 132 Å². The first-order valence-electron chi connectivity index (χ1n) is 23.2. The van der Waals surface area contributed by atoms with Gasteiger partial charge >= 0.3 is 0 Å². The molecule has 3 nitrogen and oxygen atoms in total. The summed E-state index contributed by atoms with van der Waals surface area (Å²) in [7, 11) is 0. The molecule has 0 N–H and O–H groups in total. The first-order valence-corrected chi connectivity index (χ1v) is 23.2. The SMILES string of the molecule is Cc1cc2c3c(c1)N(c1cccc4oc5ccccc5c14)c1cc(-c4ccccc4)ccc1B3c1cc3c(cc1N2c1cc2c(cc1C)C(C)(C)CC2(C)C)C(C)(C)CCC3(C)C. The Morgan fingerprint density at radius 3 is 1.78 bits per heavy atom. The van der Waals surface area contributed by atoms with Crippen molar-refractivity contribution in [2.24, 2.45) is 0 Å². The third-order valence-corrected chi connectivity index (χ3v) is 15.8. The van der Waals surface area contributed by atoms with Crippen molar-refractivity contribution in [3.8, 4) is 11.1 Å². The molecule has 2 aliphatic heterocycles. The van der Waals surface area contributed by atoms with E-state index in [-0.39, 0.29) is 28.4 Å². The Morgan fingerprint density at radius 2 is 1.05 bits per heavy atom. The van der Waals surface area contributed by atoms with E-state index >= 15 is 0 Å². The Bertz CT molecular complexity index is 3260. The third-order valence-electron chi connectivity index (χ3n) is 15.8. The molecule has 0 unspecified atom stereocenters. The molecule has 7 aromatic carbocycles. The number of anilines is 6. The standard InChI is InChI=1S/C59H57BN2O/c1-35-27-50-55-51(28-35)62(47-32-43-40(29-36(47)2)58(7,8)34-59(43,9)10)49-33-42-41(56(3,4)25-26-57(42,5)6)31-45(49)60(55)44-24-23-38(37-17-12-11-13-18-37)30-48(44)61(50)46-20-16-22-53-54(46)39-19-14-15-21-52(39)63-53/h11-24,27-33H,25-26,34H2,1-10H3. The van der Waals surface area contributed by atoms with Crippen molar-refractivity contribution in [3.05, 3.63) is 161 Å². The quantitative estimate of drug-likeness (QED) is 0.166.